The molecular formula is C17H15ClN4O2. The zero-order valence-electron chi connectivity index (χ0n) is 12.9. The molecular weight excluding hydrogens is 328 g/mol. The van der Waals surface area contributed by atoms with Crippen LogP contribution in [0.1, 0.15) is 18.5 Å². The van der Waals surface area contributed by atoms with Gasteiger partial charge in [-0.05, 0) is 36.8 Å². The summed E-state index contributed by atoms with van der Waals surface area (Å²) in [4.78, 5) is 24.5. The second-order valence-corrected chi connectivity index (χ2v) is 5.85. The second kappa shape index (κ2) is 6.80. The van der Waals surface area contributed by atoms with Gasteiger partial charge in [0, 0.05) is 5.02 Å². The highest BCUT2D eigenvalue weighted by Crippen LogP contribution is 2.15. The summed E-state index contributed by atoms with van der Waals surface area (Å²) in [5, 5.41) is 11.7. The number of aromatic nitrogens is 3. The topological polar surface area (TPSA) is 76.9 Å². The molecule has 1 amide bonds. The van der Waals surface area contributed by atoms with Crippen LogP contribution in [0.5, 0.6) is 0 Å². The smallest absolute Gasteiger partial charge is 0.278 e. The molecule has 1 aromatic heterocycles. The van der Waals surface area contributed by atoms with Gasteiger partial charge in [0.05, 0.1) is 11.4 Å². The Morgan fingerprint density at radius 1 is 1.21 bits per heavy atom. The molecule has 3 rings (SSSR count). The van der Waals surface area contributed by atoms with Crippen LogP contribution in [0, 0.1) is 0 Å². The molecule has 0 aliphatic heterocycles. The van der Waals surface area contributed by atoms with Crippen molar-refractivity contribution in [2.75, 3.05) is 0 Å². The SMILES string of the molecule is C[C@@H](NC(=O)Cn1nnc2ccccc2c1=O)c1ccc(Cl)cc1. The zero-order valence-corrected chi connectivity index (χ0v) is 13.7. The van der Waals surface area contributed by atoms with Crippen LogP contribution in [-0.4, -0.2) is 20.9 Å². The average molecular weight is 343 g/mol. The summed E-state index contributed by atoms with van der Waals surface area (Å²) in [6.45, 7) is 1.67. The van der Waals surface area contributed by atoms with E-state index in [0.717, 1.165) is 10.2 Å². The fourth-order valence-corrected chi connectivity index (χ4v) is 2.51. The number of carbonyl (C=O) groups excluding carboxylic acids is 1. The Balaban J connectivity index is 1.74. The van der Waals surface area contributed by atoms with Crippen molar-refractivity contribution in [1.82, 2.24) is 20.3 Å². The summed E-state index contributed by atoms with van der Waals surface area (Å²) in [6.07, 6.45) is 0. The quantitative estimate of drug-likeness (QED) is 0.789. The van der Waals surface area contributed by atoms with Crippen LogP contribution in [0.2, 0.25) is 5.02 Å². The molecule has 0 bridgehead atoms. The van der Waals surface area contributed by atoms with Crippen molar-refractivity contribution >= 4 is 28.4 Å². The number of rotatable bonds is 4. The van der Waals surface area contributed by atoms with Crippen LogP contribution in [0.15, 0.2) is 53.3 Å². The summed E-state index contributed by atoms with van der Waals surface area (Å²) in [6, 6.07) is 13.9. The van der Waals surface area contributed by atoms with Crippen LogP contribution < -0.4 is 10.9 Å². The third-order valence-electron chi connectivity index (χ3n) is 3.67. The largest absolute Gasteiger partial charge is 0.348 e. The highest BCUT2D eigenvalue weighted by Gasteiger charge is 2.13. The van der Waals surface area contributed by atoms with Crippen molar-refractivity contribution in [3.63, 3.8) is 0 Å². The molecule has 0 radical (unpaired) electrons. The van der Waals surface area contributed by atoms with Crippen molar-refractivity contribution in [2.45, 2.75) is 19.5 Å². The Morgan fingerprint density at radius 3 is 2.67 bits per heavy atom. The molecule has 0 aliphatic rings. The number of fused-ring (bicyclic) bond motifs is 1. The number of hydrogen-bond donors (Lipinski definition) is 1. The average Bonchev–Trinajstić information content (AvgIpc) is 2.58. The predicted molar refractivity (Wildman–Crippen MR) is 91.8 cm³/mol. The molecule has 0 saturated carbocycles. The molecule has 1 N–H and O–H groups in total. The van der Waals surface area contributed by atoms with E-state index < -0.39 is 0 Å². The molecule has 0 saturated heterocycles. The molecule has 24 heavy (non-hydrogen) atoms. The van der Waals surface area contributed by atoms with E-state index in [0.29, 0.717) is 15.9 Å². The number of carbonyl (C=O) groups is 1. The second-order valence-electron chi connectivity index (χ2n) is 5.41. The van der Waals surface area contributed by atoms with Gasteiger partial charge in [-0.2, -0.15) is 0 Å². The first-order chi connectivity index (χ1) is 11.5. The summed E-state index contributed by atoms with van der Waals surface area (Å²) in [5.41, 5.74) is 1.09. The van der Waals surface area contributed by atoms with Crippen LogP contribution >= 0.6 is 11.6 Å². The first-order valence-electron chi connectivity index (χ1n) is 7.42. The summed E-state index contributed by atoms with van der Waals surface area (Å²) in [7, 11) is 0. The van der Waals surface area contributed by atoms with E-state index in [-0.39, 0.29) is 24.1 Å². The van der Waals surface area contributed by atoms with E-state index in [9.17, 15) is 9.59 Å². The Labute approximate surface area is 143 Å². The molecule has 1 heterocycles. The van der Waals surface area contributed by atoms with Gasteiger partial charge < -0.3 is 5.32 Å². The van der Waals surface area contributed by atoms with E-state index in [1.165, 1.54) is 0 Å². The third-order valence-corrected chi connectivity index (χ3v) is 3.92. The highest BCUT2D eigenvalue weighted by atomic mass is 35.5. The molecule has 0 aliphatic carbocycles. The van der Waals surface area contributed by atoms with Crippen LogP contribution in [-0.2, 0) is 11.3 Å². The van der Waals surface area contributed by atoms with E-state index >= 15 is 0 Å². The maximum atomic E-state index is 12.3. The summed E-state index contributed by atoms with van der Waals surface area (Å²) >= 11 is 5.85. The minimum absolute atomic E-state index is 0.186. The number of amides is 1. The number of halogens is 1. The first kappa shape index (κ1) is 16.1. The van der Waals surface area contributed by atoms with Crippen molar-refractivity contribution in [2.24, 2.45) is 0 Å². The Morgan fingerprint density at radius 2 is 1.92 bits per heavy atom. The molecule has 0 fully saturated rings. The highest BCUT2D eigenvalue weighted by molar-refractivity contribution is 6.30. The zero-order chi connectivity index (χ0) is 17.1. The van der Waals surface area contributed by atoms with Crippen LogP contribution in [0.25, 0.3) is 10.9 Å². The number of benzene rings is 2. The number of hydrogen-bond acceptors (Lipinski definition) is 4. The lowest BCUT2D eigenvalue weighted by molar-refractivity contribution is -0.122. The minimum atomic E-state index is -0.338. The van der Waals surface area contributed by atoms with Gasteiger partial charge in [-0.15, -0.1) is 5.10 Å². The normalized spacial score (nSPS) is 12.1. The predicted octanol–water partition coefficient (Wildman–Crippen LogP) is 2.32. The minimum Gasteiger partial charge on any atom is -0.348 e. The van der Waals surface area contributed by atoms with Gasteiger partial charge in [0.2, 0.25) is 5.91 Å². The molecule has 0 spiro atoms. The Kier molecular flexibility index (Phi) is 4.57. The van der Waals surface area contributed by atoms with Gasteiger partial charge in [0.25, 0.3) is 5.56 Å². The van der Waals surface area contributed by atoms with E-state index in [1.807, 2.05) is 19.1 Å². The maximum absolute atomic E-state index is 12.3. The molecule has 7 heteroatoms. The lowest BCUT2D eigenvalue weighted by atomic mass is 10.1. The first-order valence-corrected chi connectivity index (χ1v) is 7.80. The van der Waals surface area contributed by atoms with E-state index in [1.54, 1.807) is 36.4 Å². The maximum Gasteiger partial charge on any atom is 0.278 e. The Hall–Kier alpha value is -2.73. The fourth-order valence-electron chi connectivity index (χ4n) is 2.38. The molecule has 1 atom stereocenters. The fraction of sp³-hybridized carbons (Fsp3) is 0.176. The molecule has 2 aromatic carbocycles. The van der Waals surface area contributed by atoms with Crippen molar-refractivity contribution < 1.29 is 4.79 Å². The van der Waals surface area contributed by atoms with Gasteiger partial charge in [-0.25, -0.2) is 4.68 Å². The summed E-state index contributed by atoms with van der Waals surface area (Å²) in [5.74, 6) is -0.316. The molecule has 6 nitrogen and oxygen atoms in total. The molecule has 0 unspecified atom stereocenters. The lowest BCUT2D eigenvalue weighted by Crippen LogP contribution is -2.35. The number of nitrogens with one attached hydrogen (secondary N) is 1. The van der Waals surface area contributed by atoms with Gasteiger partial charge >= 0.3 is 0 Å². The van der Waals surface area contributed by atoms with Crippen LogP contribution in [0.4, 0.5) is 0 Å². The van der Waals surface area contributed by atoms with Gasteiger partial charge in [-0.1, -0.05) is 41.1 Å². The summed E-state index contributed by atoms with van der Waals surface area (Å²) < 4.78 is 1.06. The van der Waals surface area contributed by atoms with Crippen molar-refractivity contribution in [3.05, 3.63) is 69.5 Å². The van der Waals surface area contributed by atoms with E-state index in [2.05, 4.69) is 15.6 Å². The van der Waals surface area contributed by atoms with Crippen LogP contribution in [0.3, 0.4) is 0 Å². The standard InChI is InChI=1S/C17H15ClN4O2/c1-11(12-6-8-13(18)9-7-12)19-16(23)10-22-17(24)14-4-2-3-5-15(14)20-21-22/h2-9,11H,10H2,1H3,(H,19,23)/t11-/m1/s1. The van der Waals surface area contributed by atoms with Gasteiger partial charge in [-0.3, -0.25) is 9.59 Å². The van der Waals surface area contributed by atoms with Gasteiger partial charge in [0.15, 0.2) is 0 Å². The third kappa shape index (κ3) is 3.44. The Bertz CT molecular complexity index is 937. The monoisotopic (exact) mass is 342 g/mol. The van der Waals surface area contributed by atoms with Crippen molar-refractivity contribution in [1.29, 1.82) is 0 Å². The number of nitrogens with zero attached hydrogens (tertiary/aromatic N) is 3. The molecule has 3 aromatic rings. The lowest BCUT2D eigenvalue weighted by Gasteiger charge is -2.14. The van der Waals surface area contributed by atoms with E-state index in [4.69, 9.17) is 11.6 Å². The van der Waals surface area contributed by atoms with Gasteiger partial charge in [0.1, 0.15) is 12.1 Å². The molecule has 122 valence electrons. The van der Waals surface area contributed by atoms with Crippen molar-refractivity contribution in [3.8, 4) is 0 Å².